The zero-order valence-electron chi connectivity index (χ0n) is 15.5. The number of aliphatic hydroxyl groups is 1. The van der Waals surface area contributed by atoms with E-state index in [1.54, 1.807) is 0 Å². The SMILES string of the molecule is CCCCCCCCC(CCCO)C(CC)(OCC)OCC. The topological polar surface area (TPSA) is 38.7 Å². The summed E-state index contributed by atoms with van der Waals surface area (Å²) in [5, 5.41) is 9.20. The molecule has 1 unspecified atom stereocenters. The van der Waals surface area contributed by atoms with Gasteiger partial charge in [-0.25, -0.2) is 0 Å². The Kier molecular flexibility index (Phi) is 14.4. The molecule has 0 amide bonds. The largest absolute Gasteiger partial charge is 0.396 e. The smallest absolute Gasteiger partial charge is 0.170 e. The lowest BCUT2D eigenvalue weighted by molar-refractivity contribution is -0.268. The van der Waals surface area contributed by atoms with E-state index in [0.29, 0.717) is 19.1 Å². The van der Waals surface area contributed by atoms with E-state index in [2.05, 4.69) is 13.8 Å². The molecule has 0 saturated carbocycles. The van der Waals surface area contributed by atoms with Crippen molar-refractivity contribution in [3.05, 3.63) is 0 Å². The average molecular weight is 317 g/mol. The third kappa shape index (κ3) is 8.50. The highest BCUT2D eigenvalue weighted by molar-refractivity contribution is 4.79. The van der Waals surface area contributed by atoms with Crippen LogP contribution in [0.2, 0.25) is 0 Å². The van der Waals surface area contributed by atoms with E-state index in [4.69, 9.17) is 9.47 Å². The Morgan fingerprint density at radius 3 is 1.82 bits per heavy atom. The van der Waals surface area contributed by atoms with Gasteiger partial charge in [0.1, 0.15) is 0 Å². The van der Waals surface area contributed by atoms with E-state index in [1.807, 2.05) is 13.8 Å². The molecule has 0 aliphatic heterocycles. The summed E-state index contributed by atoms with van der Waals surface area (Å²) in [6.07, 6.45) is 11.7. The fraction of sp³-hybridized carbons (Fsp3) is 1.00. The predicted octanol–water partition coefficient (Wildman–Crippen LogP) is 5.31. The van der Waals surface area contributed by atoms with Crippen LogP contribution in [0.1, 0.15) is 91.9 Å². The molecule has 0 saturated heterocycles. The molecule has 134 valence electrons. The molecule has 0 aliphatic carbocycles. The highest BCUT2D eigenvalue weighted by Gasteiger charge is 2.38. The van der Waals surface area contributed by atoms with Gasteiger partial charge in [0.15, 0.2) is 5.79 Å². The molecule has 3 heteroatoms. The van der Waals surface area contributed by atoms with Crippen molar-refractivity contribution < 1.29 is 14.6 Å². The summed E-state index contributed by atoms with van der Waals surface area (Å²) in [4.78, 5) is 0. The number of ether oxygens (including phenoxy) is 2. The van der Waals surface area contributed by atoms with Crippen LogP contribution >= 0.6 is 0 Å². The van der Waals surface area contributed by atoms with Gasteiger partial charge in [-0.1, -0.05) is 52.4 Å². The van der Waals surface area contributed by atoms with Gasteiger partial charge in [0.25, 0.3) is 0 Å². The van der Waals surface area contributed by atoms with Crippen molar-refractivity contribution in [1.29, 1.82) is 0 Å². The number of hydrogen-bond donors (Lipinski definition) is 1. The Morgan fingerprint density at radius 2 is 1.32 bits per heavy atom. The maximum Gasteiger partial charge on any atom is 0.170 e. The Morgan fingerprint density at radius 1 is 0.773 bits per heavy atom. The summed E-state index contributed by atoms with van der Waals surface area (Å²) in [7, 11) is 0. The molecule has 0 spiro atoms. The number of unbranched alkanes of at least 4 members (excludes halogenated alkanes) is 5. The van der Waals surface area contributed by atoms with Gasteiger partial charge in [-0.05, 0) is 39.5 Å². The highest BCUT2D eigenvalue weighted by Crippen LogP contribution is 2.35. The first kappa shape index (κ1) is 21.9. The number of hydrogen-bond acceptors (Lipinski definition) is 3. The summed E-state index contributed by atoms with van der Waals surface area (Å²) < 4.78 is 12.1. The van der Waals surface area contributed by atoms with Crippen LogP contribution in [0.5, 0.6) is 0 Å². The fourth-order valence-corrected chi connectivity index (χ4v) is 3.35. The quantitative estimate of drug-likeness (QED) is 0.310. The van der Waals surface area contributed by atoms with Gasteiger partial charge >= 0.3 is 0 Å². The standard InChI is InChI=1S/C19H40O3/c1-5-9-10-11-12-13-15-18(16-14-17-20)19(6-2,21-7-3)22-8-4/h18,20H,5-17H2,1-4H3. The second-order valence-electron chi connectivity index (χ2n) is 6.15. The highest BCUT2D eigenvalue weighted by atomic mass is 16.7. The van der Waals surface area contributed by atoms with Crippen molar-refractivity contribution in [2.24, 2.45) is 5.92 Å². The van der Waals surface area contributed by atoms with Crippen LogP contribution in [0, 0.1) is 5.92 Å². The third-order valence-electron chi connectivity index (χ3n) is 4.51. The van der Waals surface area contributed by atoms with Crippen LogP contribution in [-0.4, -0.2) is 30.7 Å². The van der Waals surface area contributed by atoms with Crippen LogP contribution in [0.15, 0.2) is 0 Å². The van der Waals surface area contributed by atoms with Gasteiger partial charge in [-0.3, -0.25) is 0 Å². The minimum absolute atomic E-state index is 0.255. The molecule has 0 heterocycles. The Labute approximate surface area is 138 Å². The minimum atomic E-state index is -0.456. The van der Waals surface area contributed by atoms with Crippen LogP contribution < -0.4 is 0 Å². The molecular formula is C19H40O3. The monoisotopic (exact) mass is 316 g/mol. The lowest BCUT2D eigenvalue weighted by atomic mass is 9.86. The summed E-state index contributed by atoms with van der Waals surface area (Å²) >= 11 is 0. The second-order valence-corrected chi connectivity index (χ2v) is 6.15. The lowest BCUT2D eigenvalue weighted by Gasteiger charge is -2.40. The van der Waals surface area contributed by atoms with Crippen molar-refractivity contribution in [2.45, 2.75) is 97.7 Å². The molecule has 3 nitrogen and oxygen atoms in total. The third-order valence-corrected chi connectivity index (χ3v) is 4.51. The van der Waals surface area contributed by atoms with E-state index in [0.717, 1.165) is 25.7 Å². The normalized spacial score (nSPS) is 13.5. The minimum Gasteiger partial charge on any atom is -0.396 e. The van der Waals surface area contributed by atoms with Crippen LogP contribution in [0.4, 0.5) is 0 Å². The molecule has 0 aliphatic rings. The van der Waals surface area contributed by atoms with Crippen LogP contribution in [0.25, 0.3) is 0 Å². The van der Waals surface area contributed by atoms with E-state index < -0.39 is 5.79 Å². The van der Waals surface area contributed by atoms with Crippen molar-refractivity contribution in [2.75, 3.05) is 19.8 Å². The molecule has 0 rings (SSSR count). The Hall–Kier alpha value is -0.120. The second kappa shape index (κ2) is 14.5. The van der Waals surface area contributed by atoms with Crippen LogP contribution in [-0.2, 0) is 9.47 Å². The molecule has 0 radical (unpaired) electrons. The molecule has 22 heavy (non-hydrogen) atoms. The van der Waals surface area contributed by atoms with Crippen molar-refractivity contribution in [3.8, 4) is 0 Å². The van der Waals surface area contributed by atoms with Gasteiger partial charge in [-0.2, -0.15) is 0 Å². The van der Waals surface area contributed by atoms with Gasteiger partial charge in [0.2, 0.25) is 0 Å². The zero-order valence-corrected chi connectivity index (χ0v) is 15.5. The van der Waals surface area contributed by atoms with Gasteiger partial charge in [0, 0.05) is 25.7 Å². The van der Waals surface area contributed by atoms with Gasteiger partial charge < -0.3 is 14.6 Å². The van der Waals surface area contributed by atoms with Gasteiger partial charge in [-0.15, -0.1) is 0 Å². The lowest BCUT2D eigenvalue weighted by Crippen LogP contribution is -2.43. The van der Waals surface area contributed by atoms with Crippen molar-refractivity contribution >= 4 is 0 Å². The molecule has 0 aromatic rings. The molecule has 0 fully saturated rings. The van der Waals surface area contributed by atoms with Gasteiger partial charge in [0.05, 0.1) is 0 Å². The molecule has 0 aromatic carbocycles. The zero-order chi connectivity index (χ0) is 16.7. The summed E-state index contributed by atoms with van der Waals surface area (Å²) in [6, 6.07) is 0. The van der Waals surface area contributed by atoms with E-state index in [-0.39, 0.29) is 6.61 Å². The van der Waals surface area contributed by atoms with Crippen molar-refractivity contribution in [1.82, 2.24) is 0 Å². The predicted molar refractivity (Wildman–Crippen MR) is 94.1 cm³/mol. The Balaban J connectivity index is 4.53. The number of aliphatic hydroxyl groups excluding tert-OH is 1. The molecule has 0 bridgehead atoms. The Bertz CT molecular complexity index is 225. The first-order valence-electron chi connectivity index (χ1n) is 9.59. The fourth-order valence-electron chi connectivity index (χ4n) is 3.35. The number of rotatable bonds is 16. The summed E-state index contributed by atoms with van der Waals surface area (Å²) in [5.41, 5.74) is 0. The first-order chi connectivity index (χ1) is 10.7. The summed E-state index contributed by atoms with van der Waals surface area (Å²) in [6.45, 7) is 10.1. The maximum atomic E-state index is 9.20. The molecule has 1 atom stereocenters. The van der Waals surface area contributed by atoms with E-state index in [9.17, 15) is 5.11 Å². The van der Waals surface area contributed by atoms with E-state index in [1.165, 1.54) is 38.5 Å². The van der Waals surface area contributed by atoms with E-state index >= 15 is 0 Å². The first-order valence-corrected chi connectivity index (χ1v) is 9.59. The van der Waals surface area contributed by atoms with Crippen molar-refractivity contribution in [3.63, 3.8) is 0 Å². The maximum absolute atomic E-state index is 9.20. The average Bonchev–Trinajstić information content (AvgIpc) is 2.53. The van der Waals surface area contributed by atoms with Crippen LogP contribution in [0.3, 0.4) is 0 Å². The summed E-state index contributed by atoms with van der Waals surface area (Å²) in [5.74, 6) is -0.0713. The molecular weight excluding hydrogens is 276 g/mol. The molecule has 1 N–H and O–H groups in total. The molecule has 0 aromatic heterocycles.